The fraction of sp³-hybridized carbons (Fsp3) is 0.909. The third kappa shape index (κ3) is 2.95. The summed E-state index contributed by atoms with van der Waals surface area (Å²) in [6.45, 7) is 6.47. The first kappa shape index (κ1) is 14.4. The van der Waals surface area contributed by atoms with Crippen molar-refractivity contribution in [3.05, 3.63) is 0 Å². The van der Waals surface area contributed by atoms with Crippen LogP contribution in [-0.4, -0.2) is 51.5 Å². The van der Waals surface area contributed by atoms with E-state index in [1.165, 1.54) is 0 Å². The van der Waals surface area contributed by atoms with Gasteiger partial charge in [0, 0.05) is 0 Å². The molecule has 1 aliphatic heterocycles. The molecule has 0 aromatic heterocycles. The van der Waals surface area contributed by atoms with Gasteiger partial charge in [-0.25, -0.2) is 0 Å². The molecule has 1 saturated heterocycles. The Bertz CT molecular complexity index is 288. The number of carbonyl (C=O) groups excluding carboxylic acids is 1. The number of esters is 1. The first-order valence-corrected chi connectivity index (χ1v) is 5.59. The van der Waals surface area contributed by atoms with Crippen LogP contribution in [0.1, 0.15) is 27.7 Å². The number of aliphatic hydroxyl groups is 3. The number of hydrogen-bond donors (Lipinski definition) is 3. The number of ether oxygens (including phenoxy) is 2. The van der Waals surface area contributed by atoms with E-state index in [-0.39, 0.29) is 5.92 Å². The first-order valence-electron chi connectivity index (χ1n) is 5.59. The predicted octanol–water partition coefficient (Wildman–Crippen LogP) is -0.597. The fourth-order valence-electron chi connectivity index (χ4n) is 1.68. The Hall–Kier alpha value is -0.690. The molecule has 1 aliphatic rings. The van der Waals surface area contributed by atoms with Crippen molar-refractivity contribution in [2.24, 2.45) is 5.92 Å². The largest absolute Gasteiger partial charge is 0.456 e. The van der Waals surface area contributed by atoms with Crippen LogP contribution in [0.4, 0.5) is 0 Å². The minimum Gasteiger partial charge on any atom is -0.456 e. The summed E-state index contributed by atoms with van der Waals surface area (Å²) in [5.74, 6) is -0.837. The minimum absolute atomic E-state index is 0.345. The summed E-state index contributed by atoms with van der Waals surface area (Å²) in [5, 5.41) is 28.7. The second-order valence-electron chi connectivity index (χ2n) is 5.11. The molecule has 4 atom stereocenters. The maximum Gasteiger partial charge on any atom is 0.308 e. The Labute approximate surface area is 100 Å². The zero-order valence-corrected chi connectivity index (χ0v) is 10.5. The van der Waals surface area contributed by atoms with Gasteiger partial charge in [-0.15, -0.1) is 0 Å². The second-order valence-corrected chi connectivity index (χ2v) is 5.11. The molecule has 1 fully saturated rings. The van der Waals surface area contributed by atoms with Gasteiger partial charge in [-0.1, -0.05) is 13.8 Å². The molecule has 0 spiro atoms. The Morgan fingerprint density at radius 3 is 2.24 bits per heavy atom. The van der Waals surface area contributed by atoms with Crippen molar-refractivity contribution in [1.29, 1.82) is 0 Å². The van der Waals surface area contributed by atoms with Gasteiger partial charge < -0.3 is 24.8 Å². The van der Waals surface area contributed by atoms with Crippen molar-refractivity contribution in [2.75, 3.05) is 0 Å². The smallest absolute Gasteiger partial charge is 0.308 e. The molecule has 1 rings (SSSR count). The molecule has 17 heavy (non-hydrogen) atoms. The molecule has 0 amide bonds. The van der Waals surface area contributed by atoms with Crippen LogP contribution < -0.4 is 0 Å². The SMILES string of the molecule is CC(C)C(=O)O[C@H]1[C@H](O)[C@H](O)[C@H](O)OC1(C)C. The quantitative estimate of drug-likeness (QED) is 0.565. The Morgan fingerprint density at radius 1 is 1.24 bits per heavy atom. The molecule has 0 unspecified atom stereocenters. The van der Waals surface area contributed by atoms with Crippen molar-refractivity contribution < 1.29 is 29.6 Å². The monoisotopic (exact) mass is 248 g/mol. The highest BCUT2D eigenvalue weighted by atomic mass is 16.7. The summed E-state index contributed by atoms with van der Waals surface area (Å²) in [6, 6.07) is 0. The van der Waals surface area contributed by atoms with Crippen molar-refractivity contribution in [2.45, 2.75) is 57.9 Å². The van der Waals surface area contributed by atoms with E-state index in [1.54, 1.807) is 27.7 Å². The summed E-state index contributed by atoms with van der Waals surface area (Å²) in [4.78, 5) is 11.5. The maximum atomic E-state index is 11.5. The number of rotatable bonds is 2. The van der Waals surface area contributed by atoms with E-state index in [4.69, 9.17) is 9.47 Å². The minimum atomic E-state index is -1.49. The number of hydrogen-bond acceptors (Lipinski definition) is 6. The van der Waals surface area contributed by atoms with E-state index in [0.717, 1.165) is 0 Å². The average Bonchev–Trinajstić information content (AvgIpc) is 2.20. The van der Waals surface area contributed by atoms with Crippen LogP contribution in [0.3, 0.4) is 0 Å². The van der Waals surface area contributed by atoms with Crippen LogP contribution in [0.5, 0.6) is 0 Å². The maximum absolute atomic E-state index is 11.5. The van der Waals surface area contributed by atoms with Gasteiger partial charge in [-0.05, 0) is 13.8 Å². The van der Waals surface area contributed by atoms with E-state index < -0.39 is 36.2 Å². The third-order valence-corrected chi connectivity index (χ3v) is 2.78. The topological polar surface area (TPSA) is 96.2 Å². The lowest BCUT2D eigenvalue weighted by atomic mass is 9.89. The molecule has 0 bridgehead atoms. The van der Waals surface area contributed by atoms with Crippen LogP contribution >= 0.6 is 0 Å². The van der Waals surface area contributed by atoms with E-state index in [9.17, 15) is 20.1 Å². The molecule has 6 nitrogen and oxygen atoms in total. The molecule has 100 valence electrons. The fourth-order valence-corrected chi connectivity index (χ4v) is 1.68. The zero-order chi connectivity index (χ0) is 13.4. The zero-order valence-electron chi connectivity index (χ0n) is 10.5. The summed E-state index contributed by atoms with van der Waals surface area (Å²) >= 11 is 0. The van der Waals surface area contributed by atoms with E-state index in [1.807, 2.05) is 0 Å². The van der Waals surface area contributed by atoms with Gasteiger partial charge in [-0.2, -0.15) is 0 Å². The summed E-state index contributed by atoms with van der Waals surface area (Å²) in [7, 11) is 0. The number of carbonyl (C=O) groups is 1. The number of aliphatic hydroxyl groups excluding tert-OH is 3. The first-order chi connectivity index (χ1) is 7.66. The van der Waals surface area contributed by atoms with Gasteiger partial charge in [-0.3, -0.25) is 4.79 Å². The summed E-state index contributed by atoms with van der Waals surface area (Å²) in [6.07, 6.45) is -5.38. The molecular weight excluding hydrogens is 228 g/mol. The second kappa shape index (κ2) is 4.89. The van der Waals surface area contributed by atoms with Gasteiger partial charge in [0.2, 0.25) is 0 Å². The predicted molar refractivity (Wildman–Crippen MR) is 57.9 cm³/mol. The van der Waals surface area contributed by atoms with Gasteiger partial charge >= 0.3 is 5.97 Å². The lowest BCUT2D eigenvalue weighted by Crippen LogP contribution is -2.63. The van der Waals surface area contributed by atoms with Crippen molar-refractivity contribution >= 4 is 5.97 Å². The highest BCUT2D eigenvalue weighted by Gasteiger charge is 2.50. The Kier molecular flexibility index (Phi) is 4.14. The molecule has 1 heterocycles. The summed E-state index contributed by atoms with van der Waals surface area (Å²) in [5.41, 5.74) is -1.07. The third-order valence-electron chi connectivity index (χ3n) is 2.78. The lowest BCUT2D eigenvalue weighted by molar-refractivity contribution is -0.313. The van der Waals surface area contributed by atoms with E-state index in [0.29, 0.717) is 0 Å². The van der Waals surface area contributed by atoms with E-state index in [2.05, 4.69) is 0 Å². The standard InChI is InChI=1S/C11H20O6/c1-5(2)9(14)16-8-6(12)7(13)10(15)17-11(8,3)4/h5-8,10,12-13,15H,1-4H3/t6-,7+,8+,10-/m1/s1. The van der Waals surface area contributed by atoms with Gasteiger partial charge in [0.15, 0.2) is 12.4 Å². The van der Waals surface area contributed by atoms with Gasteiger partial charge in [0.25, 0.3) is 0 Å². The normalized spacial score (nSPS) is 36.9. The average molecular weight is 248 g/mol. The van der Waals surface area contributed by atoms with Crippen molar-refractivity contribution in [3.8, 4) is 0 Å². The highest BCUT2D eigenvalue weighted by Crippen LogP contribution is 2.31. The molecule has 0 aromatic rings. The Morgan fingerprint density at radius 2 is 1.76 bits per heavy atom. The molecule has 0 aromatic carbocycles. The van der Waals surface area contributed by atoms with E-state index >= 15 is 0 Å². The van der Waals surface area contributed by atoms with Crippen LogP contribution in [0.25, 0.3) is 0 Å². The summed E-state index contributed by atoms with van der Waals surface area (Å²) < 4.78 is 10.2. The van der Waals surface area contributed by atoms with Crippen LogP contribution in [0.2, 0.25) is 0 Å². The Balaban J connectivity index is 2.83. The molecule has 6 heteroatoms. The van der Waals surface area contributed by atoms with Crippen molar-refractivity contribution in [1.82, 2.24) is 0 Å². The molecule has 0 aliphatic carbocycles. The molecule has 3 N–H and O–H groups in total. The van der Waals surface area contributed by atoms with Crippen LogP contribution in [0.15, 0.2) is 0 Å². The molecule has 0 saturated carbocycles. The van der Waals surface area contributed by atoms with Crippen LogP contribution in [-0.2, 0) is 14.3 Å². The lowest BCUT2D eigenvalue weighted by Gasteiger charge is -2.45. The van der Waals surface area contributed by atoms with Gasteiger partial charge in [0.1, 0.15) is 17.8 Å². The molecule has 0 radical (unpaired) electrons. The van der Waals surface area contributed by atoms with Crippen molar-refractivity contribution in [3.63, 3.8) is 0 Å². The molecular formula is C11H20O6. The van der Waals surface area contributed by atoms with Gasteiger partial charge in [0.05, 0.1) is 5.92 Å². The highest BCUT2D eigenvalue weighted by molar-refractivity contribution is 5.71. The van der Waals surface area contributed by atoms with Crippen LogP contribution in [0, 0.1) is 5.92 Å².